The third kappa shape index (κ3) is 6.06. The number of nitrogens with zero attached hydrogens (tertiary/aromatic N) is 2. The molecule has 0 radical (unpaired) electrons. The standard InChI is InChI=1S/C31H36N4O3/c1-23(11-12-24-7-3-2-4-8-24)35-29(27-9-5-6-10-28(27)31(35)37)33-26-15-13-25(14-16-26)30(36)32-17-18-34-19-21-38-22-20-34/h2-10,13-16,23,29,33H,11-12,17-22H2,1H3,(H,32,36). The molecule has 3 aromatic carbocycles. The molecule has 7 heteroatoms. The van der Waals surface area contributed by atoms with Gasteiger partial charge in [0.1, 0.15) is 6.17 Å². The molecule has 2 aliphatic heterocycles. The molecular formula is C31H36N4O3. The van der Waals surface area contributed by atoms with E-state index in [-0.39, 0.29) is 24.0 Å². The van der Waals surface area contributed by atoms with Gasteiger partial charge in [-0.3, -0.25) is 14.5 Å². The van der Waals surface area contributed by atoms with Crippen LogP contribution in [0.4, 0.5) is 5.69 Å². The average molecular weight is 513 g/mol. The summed E-state index contributed by atoms with van der Waals surface area (Å²) in [5.41, 5.74) is 4.48. The van der Waals surface area contributed by atoms with Crippen LogP contribution in [-0.4, -0.2) is 67.0 Å². The Morgan fingerprint density at radius 2 is 1.68 bits per heavy atom. The summed E-state index contributed by atoms with van der Waals surface area (Å²) in [5.74, 6) is -0.0303. The molecule has 5 rings (SSSR count). The maximum absolute atomic E-state index is 13.4. The molecule has 3 aromatic rings. The monoisotopic (exact) mass is 512 g/mol. The Morgan fingerprint density at radius 1 is 0.974 bits per heavy atom. The fourth-order valence-electron chi connectivity index (χ4n) is 5.23. The maximum atomic E-state index is 13.4. The van der Waals surface area contributed by atoms with Crippen molar-refractivity contribution in [1.82, 2.24) is 15.1 Å². The van der Waals surface area contributed by atoms with E-state index in [1.807, 2.05) is 59.5 Å². The van der Waals surface area contributed by atoms with Crippen molar-refractivity contribution in [2.24, 2.45) is 0 Å². The number of hydrogen-bond donors (Lipinski definition) is 2. The Labute approximate surface area is 224 Å². The number of carbonyl (C=O) groups is 2. The minimum atomic E-state index is -0.266. The summed E-state index contributed by atoms with van der Waals surface area (Å²) >= 11 is 0. The van der Waals surface area contributed by atoms with Crippen LogP contribution in [-0.2, 0) is 11.2 Å². The first-order valence-electron chi connectivity index (χ1n) is 13.5. The highest BCUT2D eigenvalue weighted by Gasteiger charge is 2.39. The van der Waals surface area contributed by atoms with Gasteiger partial charge in [0, 0.05) is 54.6 Å². The van der Waals surface area contributed by atoms with Crippen LogP contribution in [0.15, 0.2) is 78.9 Å². The van der Waals surface area contributed by atoms with E-state index >= 15 is 0 Å². The molecule has 1 fully saturated rings. The molecule has 0 bridgehead atoms. The van der Waals surface area contributed by atoms with Crippen molar-refractivity contribution in [2.45, 2.75) is 32.0 Å². The second-order valence-corrected chi connectivity index (χ2v) is 10.0. The van der Waals surface area contributed by atoms with Gasteiger partial charge in [-0.05, 0) is 55.7 Å². The third-order valence-corrected chi connectivity index (χ3v) is 7.43. The zero-order valence-electron chi connectivity index (χ0n) is 21.9. The number of anilines is 1. The SMILES string of the molecule is CC(CCc1ccccc1)N1C(=O)c2ccccc2C1Nc1ccc(C(=O)NCCN2CCOCC2)cc1. The van der Waals surface area contributed by atoms with Crippen LogP contribution in [0, 0.1) is 0 Å². The summed E-state index contributed by atoms with van der Waals surface area (Å²) in [7, 11) is 0. The number of morpholine rings is 1. The molecule has 2 amide bonds. The number of nitrogens with one attached hydrogen (secondary N) is 2. The van der Waals surface area contributed by atoms with Gasteiger partial charge in [-0.2, -0.15) is 0 Å². The number of ether oxygens (including phenoxy) is 1. The number of carbonyl (C=O) groups excluding carboxylic acids is 2. The van der Waals surface area contributed by atoms with Crippen molar-refractivity contribution < 1.29 is 14.3 Å². The van der Waals surface area contributed by atoms with Crippen LogP contribution in [0.1, 0.15) is 51.4 Å². The first-order valence-corrected chi connectivity index (χ1v) is 13.5. The Balaban J connectivity index is 1.23. The van der Waals surface area contributed by atoms with Gasteiger partial charge in [0.15, 0.2) is 0 Å². The molecule has 0 aromatic heterocycles. The van der Waals surface area contributed by atoms with E-state index in [1.54, 1.807) is 0 Å². The minimum absolute atomic E-state index is 0.0455. The van der Waals surface area contributed by atoms with E-state index in [4.69, 9.17) is 4.74 Å². The molecule has 0 saturated carbocycles. The van der Waals surface area contributed by atoms with E-state index in [0.29, 0.717) is 12.1 Å². The lowest BCUT2D eigenvalue weighted by Crippen LogP contribution is -2.41. The maximum Gasteiger partial charge on any atom is 0.256 e. The molecule has 2 atom stereocenters. The second kappa shape index (κ2) is 12.2. The number of benzene rings is 3. The molecule has 2 aliphatic rings. The predicted molar refractivity (Wildman–Crippen MR) is 149 cm³/mol. The van der Waals surface area contributed by atoms with Gasteiger partial charge >= 0.3 is 0 Å². The quantitative estimate of drug-likeness (QED) is 0.423. The zero-order valence-corrected chi connectivity index (χ0v) is 21.9. The summed E-state index contributed by atoms with van der Waals surface area (Å²) in [4.78, 5) is 30.3. The molecule has 0 aliphatic carbocycles. The highest BCUT2D eigenvalue weighted by atomic mass is 16.5. The van der Waals surface area contributed by atoms with E-state index < -0.39 is 0 Å². The summed E-state index contributed by atoms with van der Waals surface area (Å²) in [6, 6.07) is 25.7. The average Bonchev–Trinajstić information content (AvgIpc) is 3.24. The summed E-state index contributed by atoms with van der Waals surface area (Å²) in [5, 5.41) is 6.58. The first kappa shape index (κ1) is 25.9. The predicted octanol–water partition coefficient (Wildman–Crippen LogP) is 4.34. The lowest BCUT2D eigenvalue weighted by molar-refractivity contribution is 0.0383. The van der Waals surface area contributed by atoms with Gasteiger partial charge in [0.25, 0.3) is 11.8 Å². The van der Waals surface area contributed by atoms with Crippen LogP contribution in [0.5, 0.6) is 0 Å². The topological polar surface area (TPSA) is 73.9 Å². The van der Waals surface area contributed by atoms with Gasteiger partial charge in [0.05, 0.1) is 13.2 Å². The molecule has 198 valence electrons. The third-order valence-electron chi connectivity index (χ3n) is 7.43. The van der Waals surface area contributed by atoms with Crippen molar-refractivity contribution in [3.63, 3.8) is 0 Å². The largest absolute Gasteiger partial charge is 0.379 e. The smallest absolute Gasteiger partial charge is 0.256 e. The summed E-state index contributed by atoms with van der Waals surface area (Å²) < 4.78 is 5.37. The lowest BCUT2D eigenvalue weighted by Gasteiger charge is -2.32. The van der Waals surface area contributed by atoms with Crippen molar-refractivity contribution in [3.8, 4) is 0 Å². The molecule has 0 spiro atoms. The number of hydrogen-bond acceptors (Lipinski definition) is 5. The van der Waals surface area contributed by atoms with Crippen molar-refractivity contribution >= 4 is 17.5 Å². The number of fused-ring (bicyclic) bond motifs is 1. The van der Waals surface area contributed by atoms with Crippen LogP contribution in [0.25, 0.3) is 0 Å². The fourth-order valence-corrected chi connectivity index (χ4v) is 5.23. The zero-order chi connectivity index (χ0) is 26.3. The van der Waals surface area contributed by atoms with Crippen LogP contribution in [0.3, 0.4) is 0 Å². The van der Waals surface area contributed by atoms with E-state index in [0.717, 1.165) is 62.5 Å². The molecule has 1 saturated heterocycles. The van der Waals surface area contributed by atoms with Crippen molar-refractivity contribution in [2.75, 3.05) is 44.7 Å². The van der Waals surface area contributed by atoms with Crippen LogP contribution < -0.4 is 10.6 Å². The highest BCUT2D eigenvalue weighted by Crippen LogP contribution is 2.36. The highest BCUT2D eigenvalue weighted by molar-refractivity contribution is 6.00. The van der Waals surface area contributed by atoms with Gasteiger partial charge in [-0.1, -0.05) is 48.5 Å². The van der Waals surface area contributed by atoms with Gasteiger partial charge in [-0.25, -0.2) is 0 Å². The van der Waals surface area contributed by atoms with Crippen LogP contribution >= 0.6 is 0 Å². The Bertz CT molecular complexity index is 1230. The Hall–Kier alpha value is -3.68. The molecule has 2 unspecified atom stereocenters. The van der Waals surface area contributed by atoms with E-state index in [9.17, 15) is 9.59 Å². The first-order chi connectivity index (χ1) is 18.6. The minimum Gasteiger partial charge on any atom is -0.379 e. The molecular weight excluding hydrogens is 476 g/mol. The molecule has 7 nitrogen and oxygen atoms in total. The van der Waals surface area contributed by atoms with E-state index in [2.05, 4.69) is 46.7 Å². The number of rotatable bonds is 10. The van der Waals surface area contributed by atoms with Gasteiger partial charge < -0.3 is 20.3 Å². The van der Waals surface area contributed by atoms with Gasteiger partial charge in [-0.15, -0.1) is 0 Å². The van der Waals surface area contributed by atoms with Crippen LogP contribution in [0.2, 0.25) is 0 Å². The van der Waals surface area contributed by atoms with E-state index in [1.165, 1.54) is 5.56 Å². The molecule has 2 heterocycles. The fraction of sp³-hybridized carbons (Fsp3) is 0.355. The normalized spacial score (nSPS) is 18.2. The lowest BCUT2D eigenvalue weighted by atomic mass is 10.0. The molecule has 2 N–H and O–H groups in total. The Morgan fingerprint density at radius 3 is 2.45 bits per heavy atom. The van der Waals surface area contributed by atoms with Crippen molar-refractivity contribution in [1.29, 1.82) is 0 Å². The molecule has 38 heavy (non-hydrogen) atoms. The van der Waals surface area contributed by atoms with Crippen molar-refractivity contribution in [3.05, 3.63) is 101 Å². The van der Waals surface area contributed by atoms with Gasteiger partial charge in [0.2, 0.25) is 0 Å². The number of amides is 2. The Kier molecular flexibility index (Phi) is 8.36. The number of aryl methyl sites for hydroxylation is 1. The second-order valence-electron chi connectivity index (χ2n) is 10.0. The summed E-state index contributed by atoms with van der Waals surface area (Å²) in [6.07, 6.45) is 1.51. The summed E-state index contributed by atoms with van der Waals surface area (Å²) in [6.45, 7) is 6.87.